The Morgan fingerprint density at radius 2 is 2.00 bits per heavy atom. The molecule has 1 nitrogen and oxygen atoms in total. The molecule has 4 rings (SSSR count). The van der Waals surface area contributed by atoms with Gasteiger partial charge in [0.1, 0.15) is 5.78 Å². The Hall–Kier alpha value is -0.330. The molecule has 0 aromatic rings. The third kappa shape index (κ3) is 0.380. The lowest BCUT2D eigenvalue weighted by atomic mass is 9.83. The Morgan fingerprint density at radius 1 is 1.36 bits per heavy atom. The molecule has 1 heteroatoms. The number of carbonyl (C=O) groups is 1. The van der Waals surface area contributed by atoms with E-state index in [-0.39, 0.29) is 0 Å². The SMILES string of the molecule is CC1(C)C2C3C(=O)[C@H]1C[C@@]32C. The first-order valence-corrected chi connectivity index (χ1v) is 4.53. The van der Waals surface area contributed by atoms with Crippen LogP contribution in [0.2, 0.25) is 0 Å². The summed E-state index contributed by atoms with van der Waals surface area (Å²) in [5.74, 6) is 2.22. The molecule has 4 saturated carbocycles. The molecule has 4 aliphatic carbocycles. The lowest BCUT2D eigenvalue weighted by Crippen LogP contribution is -2.19. The fourth-order valence-electron chi connectivity index (χ4n) is 4.19. The first kappa shape index (κ1) is 6.22. The van der Waals surface area contributed by atoms with Gasteiger partial charge in [0.15, 0.2) is 0 Å². The van der Waals surface area contributed by atoms with Crippen molar-refractivity contribution in [3.05, 3.63) is 0 Å². The Labute approximate surface area is 67.2 Å². The van der Waals surface area contributed by atoms with Crippen LogP contribution in [-0.2, 0) is 4.79 Å². The van der Waals surface area contributed by atoms with Gasteiger partial charge in [-0.2, -0.15) is 0 Å². The van der Waals surface area contributed by atoms with E-state index in [1.807, 2.05) is 0 Å². The van der Waals surface area contributed by atoms with Crippen LogP contribution in [0.15, 0.2) is 0 Å². The number of carbonyl (C=O) groups excluding carboxylic acids is 1. The monoisotopic (exact) mass is 150 g/mol. The lowest BCUT2D eigenvalue weighted by molar-refractivity contribution is -0.122. The minimum atomic E-state index is 0.344. The fraction of sp³-hybridized carbons (Fsp3) is 0.900. The van der Waals surface area contributed by atoms with E-state index < -0.39 is 0 Å². The minimum Gasteiger partial charge on any atom is -0.299 e. The molecule has 4 bridgehead atoms. The zero-order valence-corrected chi connectivity index (χ0v) is 7.35. The van der Waals surface area contributed by atoms with Crippen LogP contribution in [-0.4, -0.2) is 5.78 Å². The summed E-state index contributed by atoms with van der Waals surface area (Å²) in [6.07, 6.45) is 1.19. The van der Waals surface area contributed by atoms with Crippen LogP contribution in [0.5, 0.6) is 0 Å². The van der Waals surface area contributed by atoms with Crippen LogP contribution in [0.4, 0.5) is 0 Å². The fourth-order valence-corrected chi connectivity index (χ4v) is 4.19. The third-order valence-electron chi connectivity index (χ3n) is 4.64. The highest BCUT2D eigenvalue weighted by atomic mass is 16.1. The van der Waals surface area contributed by atoms with Crippen molar-refractivity contribution in [3.8, 4) is 0 Å². The highest BCUT2D eigenvalue weighted by Gasteiger charge is 2.83. The molecule has 11 heavy (non-hydrogen) atoms. The maximum absolute atomic E-state index is 11.6. The number of Topliss-reactive ketones (excluding diaryl/α,β-unsaturated/α-hetero) is 1. The Balaban J connectivity index is 2.19. The van der Waals surface area contributed by atoms with Gasteiger partial charge in [0.05, 0.1) is 0 Å². The van der Waals surface area contributed by atoms with Gasteiger partial charge in [-0.3, -0.25) is 4.79 Å². The zero-order chi connectivity index (χ0) is 8.02. The van der Waals surface area contributed by atoms with E-state index in [2.05, 4.69) is 20.8 Å². The average molecular weight is 150 g/mol. The first-order valence-electron chi connectivity index (χ1n) is 4.53. The first-order chi connectivity index (χ1) is 4.99. The predicted molar refractivity (Wildman–Crippen MR) is 42.0 cm³/mol. The van der Waals surface area contributed by atoms with Gasteiger partial charge in [-0.1, -0.05) is 20.8 Å². The van der Waals surface area contributed by atoms with Crippen LogP contribution >= 0.6 is 0 Å². The van der Waals surface area contributed by atoms with Crippen LogP contribution < -0.4 is 0 Å². The summed E-state index contributed by atoms with van der Waals surface area (Å²) in [5.41, 5.74) is 0.793. The number of hydrogen-bond donors (Lipinski definition) is 0. The summed E-state index contributed by atoms with van der Waals surface area (Å²) < 4.78 is 0. The van der Waals surface area contributed by atoms with Gasteiger partial charge in [0, 0.05) is 11.8 Å². The molecule has 0 amide bonds. The van der Waals surface area contributed by atoms with Crippen molar-refractivity contribution in [2.75, 3.05) is 0 Å². The summed E-state index contributed by atoms with van der Waals surface area (Å²) in [6, 6.07) is 0. The Morgan fingerprint density at radius 3 is 2.09 bits per heavy atom. The average Bonchev–Trinajstić information content (AvgIpc) is 2.24. The van der Waals surface area contributed by atoms with Crippen LogP contribution in [0.25, 0.3) is 0 Å². The highest BCUT2D eigenvalue weighted by Crippen LogP contribution is 2.83. The molecule has 0 aromatic heterocycles. The van der Waals surface area contributed by atoms with E-state index in [4.69, 9.17) is 0 Å². The molecule has 0 saturated heterocycles. The van der Waals surface area contributed by atoms with E-state index in [9.17, 15) is 4.79 Å². The predicted octanol–water partition coefficient (Wildman–Crippen LogP) is 1.87. The highest BCUT2D eigenvalue weighted by molar-refractivity contribution is 5.95. The number of rotatable bonds is 0. The number of ketones is 1. The van der Waals surface area contributed by atoms with Crippen molar-refractivity contribution in [1.29, 1.82) is 0 Å². The molecule has 4 aliphatic rings. The van der Waals surface area contributed by atoms with Gasteiger partial charge >= 0.3 is 0 Å². The van der Waals surface area contributed by atoms with E-state index in [0.29, 0.717) is 28.4 Å². The molecule has 0 radical (unpaired) electrons. The van der Waals surface area contributed by atoms with Crippen molar-refractivity contribution in [3.63, 3.8) is 0 Å². The normalized spacial score (nSPS) is 62.1. The molecule has 0 heterocycles. The lowest BCUT2D eigenvalue weighted by Gasteiger charge is -2.20. The molecule has 2 unspecified atom stereocenters. The van der Waals surface area contributed by atoms with Gasteiger partial charge in [0.2, 0.25) is 0 Å². The summed E-state index contributed by atoms with van der Waals surface area (Å²) in [7, 11) is 0. The molecule has 0 aliphatic heterocycles. The molecule has 0 aromatic carbocycles. The van der Waals surface area contributed by atoms with E-state index in [0.717, 1.165) is 5.92 Å². The zero-order valence-electron chi connectivity index (χ0n) is 7.35. The van der Waals surface area contributed by atoms with Gasteiger partial charge in [0.25, 0.3) is 0 Å². The van der Waals surface area contributed by atoms with Gasteiger partial charge in [-0.15, -0.1) is 0 Å². The minimum absolute atomic E-state index is 0.344. The second-order valence-corrected chi connectivity index (χ2v) is 5.44. The van der Waals surface area contributed by atoms with Crippen molar-refractivity contribution < 1.29 is 4.79 Å². The van der Waals surface area contributed by atoms with Crippen molar-refractivity contribution in [2.45, 2.75) is 27.2 Å². The van der Waals surface area contributed by atoms with E-state index in [1.54, 1.807) is 0 Å². The van der Waals surface area contributed by atoms with Gasteiger partial charge in [-0.25, -0.2) is 0 Å². The quantitative estimate of drug-likeness (QED) is 0.515. The standard InChI is InChI=1S/C10H14O/c1-9(2)5-4-10(3)6(7(5)11)8(9)10/h5-6,8H,4H2,1-3H3/t5-,6?,8?,10+/m1/s1. The Bertz CT molecular complexity index is 266. The molecule has 4 atom stereocenters. The van der Waals surface area contributed by atoms with Gasteiger partial charge < -0.3 is 0 Å². The molecular formula is C10H14O. The molecular weight excluding hydrogens is 136 g/mol. The van der Waals surface area contributed by atoms with Crippen molar-refractivity contribution in [2.24, 2.45) is 28.6 Å². The third-order valence-corrected chi connectivity index (χ3v) is 4.64. The molecule has 60 valence electrons. The van der Waals surface area contributed by atoms with E-state index in [1.165, 1.54) is 6.42 Å². The van der Waals surface area contributed by atoms with Crippen LogP contribution in [0.1, 0.15) is 27.2 Å². The maximum Gasteiger partial charge on any atom is 0.140 e. The second kappa shape index (κ2) is 1.19. The summed E-state index contributed by atoms with van der Waals surface area (Å²) in [4.78, 5) is 11.6. The Kier molecular flexibility index (Phi) is 0.675. The van der Waals surface area contributed by atoms with Crippen LogP contribution in [0, 0.1) is 28.6 Å². The molecule has 0 spiro atoms. The largest absolute Gasteiger partial charge is 0.299 e. The second-order valence-electron chi connectivity index (χ2n) is 5.44. The van der Waals surface area contributed by atoms with Gasteiger partial charge in [-0.05, 0) is 23.2 Å². The van der Waals surface area contributed by atoms with Crippen molar-refractivity contribution >= 4 is 5.78 Å². The smallest absolute Gasteiger partial charge is 0.140 e. The number of hydrogen-bond acceptors (Lipinski definition) is 1. The van der Waals surface area contributed by atoms with Crippen LogP contribution in [0.3, 0.4) is 0 Å². The summed E-state index contributed by atoms with van der Waals surface area (Å²) in [5, 5.41) is 0. The van der Waals surface area contributed by atoms with Crippen molar-refractivity contribution in [1.82, 2.24) is 0 Å². The van der Waals surface area contributed by atoms with E-state index >= 15 is 0 Å². The summed E-state index contributed by atoms with van der Waals surface area (Å²) >= 11 is 0. The molecule has 0 N–H and O–H groups in total. The molecule has 4 fully saturated rings. The topological polar surface area (TPSA) is 17.1 Å². The maximum atomic E-state index is 11.6. The summed E-state index contributed by atoms with van der Waals surface area (Å²) in [6.45, 7) is 6.85.